The Hall–Kier alpha value is -0.160. The van der Waals surface area contributed by atoms with Gasteiger partial charge in [-0.25, -0.2) is 0 Å². The molecule has 15 heavy (non-hydrogen) atoms. The first-order chi connectivity index (χ1) is 7.38. The maximum atomic E-state index is 8.59. The highest BCUT2D eigenvalue weighted by Crippen LogP contribution is 2.15. The summed E-state index contributed by atoms with van der Waals surface area (Å²) in [5.41, 5.74) is 5.77. The van der Waals surface area contributed by atoms with E-state index in [9.17, 15) is 0 Å². The maximum absolute atomic E-state index is 8.59. The average molecular weight is 216 g/mol. The normalized spacial score (nSPS) is 24.0. The number of ether oxygens (including phenoxy) is 1. The minimum atomic E-state index is 0.111. The van der Waals surface area contributed by atoms with Gasteiger partial charge in [-0.05, 0) is 19.4 Å². The molecule has 4 nitrogen and oxygen atoms in total. The zero-order valence-corrected chi connectivity index (χ0v) is 9.53. The van der Waals surface area contributed by atoms with Crippen LogP contribution in [-0.2, 0) is 4.74 Å². The van der Waals surface area contributed by atoms with E-state index < -0.39 is 0 Å². The number of rotatable bonds is 6. The molecular formula is C11H24N2O2. The summed E-state index contributed by atoms with van der Waals surface area (Å²) in [6.07, 6.45) is 5.12. The molecule has 0 aromatic rings. The molecule has 0 spiro atoms. The van der Waals surface area contributed by atoms with Gasteiger partial charge in [0.2, 0.25) is 0 Å². The molecule has 1 fully saturated rings. The summed E-state index contributed by atoms with van der Waals surface area (Å²) in [6, 6.07) is 0.533. The molecule has 1 unspecified atom stereocenters. The van der Waals surface area contributed by atoms with Crippen molar-refractivity contribution in [3.05, 3.63) is 0 Å². The number of nitrogens with zero attached hydrogens (tertiary/aromatic N) is 1. The van der Waals surface area contributed by atoms with E-state index in [-0.39, 0.29) is 6.61 Å². The third kappa shape index (κ3) is 4.93. The highest BCUT2D eigenvalue weighted by Gasteiger charge is 2.18. The summed E-state index contributed by atoms with van der Waals surface area (Å²) in [5, 5.41) is 8.59. The van der Waals surface area contributed by atoms with Gasteiger partial charge in [0.15, 0.2) is 0 Å². The van der Waals surface area contributed by atoms with Crippen LogP contribution in [0.5, 0.6) is 0 Å². The Balaban J connectivity index is 2.22. The van der Waals surface area contributed by atoms with Gasteiger partial charge in [-0.1, -0.05) is 12.8 Å². The number of likely N-dealkylation sites (tertiary alicyclic amines) is 1. The Bertz CT molecular complexity index is 156. The van der Waals surface area contributed by atoms with E-state index in [1.807, 2.05) is 0 Å². The zero-order valence-electron chi connectivity index (χ0n) is 9.53. The fraction of sp³-hybridized carbons (Fsp3) is 1.00. The summed E-state index contributed by atoms with van der Waals surface area (Å²) in [5.74, 6) is 0. The molecule has 1 aliphatic rings. The number of hydrogen-bond acceptors (Lipinski definition) is 4. The van der Waals surface area contributed by atoms with E-state index in [2.05, 4.69) is 4.90 Å². The lowest BCUT2D eigenvalue weighted by Gasteiger charge is -2.28. The van der Waals surface area contributed by atoms with Crippen molar-refractivity contribution >= 4 is 0 Å². The lowest BCUT2D eigenvalue weighted by Crippen LogP contribution is -2.42. The van der Waals surface area contributed by atoms with Crippen LogP contribution in [0.4, 0.5) is 0 Å². The second-order valence-electron chi connectivity index (χ2n) is 4.11. The second kappa shape index (κ2) is 8.05. The molecule has 4 heteroatoms. The van der Waals surface area contributed by atoms with Crippen LogP contribution in [-0.4, -0.2) is 55.5 Å². The topological polar surface area (TPSA) is 58.7 Å². The highest BCUT2D eigenvalue weighted by molar-refractivity contribution is 4.75. The van der Waals surface area contributed by atoms with Crippen molar-refractivity contribution in [1.82, 2.24) is 4.90 Å². The summed E-state index contributed by atoms with van der Waals surface area (Å²) in [7, 11) is 0. The molecule has 1 heterocycles. The molecule has 1 saturated heterocycles. The van der Waals surface area contributed by atoms with Crippen molar-refractivity contribution in [3.63, 3.8) is 0 Å². The summed E-state index contributed by atoms with van der Waals surface area (Å²) >= 11 is 0. The summed E-state index contributed by atoms with van der Waals surface area (Å²) in [6.45, 7) is 4.10. The molecule has 0 saturated carbocycles. The first-order valence-electron chi connectivity index (χ1n) is 6.01. The van der Waals surface area contributed by atoms with Gasteiger partial charge in [-0.3, -0.25) is 4.90 Å². The van der Waals surface area contributed by atoms with Crippen molar-refractivity contribution in [2.45, 2.75) is 31.7 Å². The van der Waals surface area contributed by atoms with Crippen molar-refractivity contribution in [1.29, 1.82) is 0 Å². The molecule has 0 aromatic heterocycles. The number of hydrogen-bond donors (Lipinski definition) is 2. The summed E-state index contributed by atoms with van der Waals surface area (Å²) in [4.78, 5) is 2.43. The predicted molar refractivity (Wildman–Crippen MR) is 60.8 cm³/mol. The van der Waals surface area contributed by atoms with Gasteiger partial charge in [0.25, 0.3) is 0 Å². The molecule has 0 radical (unpaired) electrons. The Kier molecular flexibility index (Phi) is 6.92. The zero-order chi connectivity index (χ0) is 10.9. The smallest absolute Gasteiger partial charge is 0.0698 e. The van der Waals surface area contributed by atoms with E-state index in [4.69, 9.17) is 15.6 Å². The van der Waals surface area contributed by atoms with Crippen molar-refractivity contribution in [2.24, 2.45) is 5.73 Å². The largest absolute Gasteiger partial charge is 0.394 e. The van der Waals surface area contributed by atoms with E-state index >= 15 is 0 Å². The molecule has 0 bridgehead atoms. The standard InChI is InChI=1S/C11H24N2O2/c12-10-11-4-2-1-3-5-13(11)6-8-15-9-7-14/h11,14H,1-10,12H2. The minimum absolute atomic E-state index is 0.111. The fourth-order valence-electron chi connectivity index (χ4n) is 2.15. The number of aliphatic hydroxyl groups is 1. The third-order valence-corrected chi connectivity index (χ3v) is 3.03. The molecular weight excluding hydrogens is 192 g/mol. The van der Waals surface area contributed by atoms with Gasteiger partial charge in [0, 0.05) is 19.1 Å². The minimum Gasteiger partial charge on any atom is -0.394 e. The number of nitrogens with two attached hydrogens (primary N) is 1. The molecule has 1 rings (SSSR count). The first-order valence-corrected chi connectivity index (χ1v) is 6.01. The van der Waals surface area contributed by atoms with Gasteiger partial charge in [-0.15, -0.1) is 0 Å². The predicted octanol–water partition coefficient (Wildman–Crippen LogP) is 0.199. The summed E-state index contributed by atoms with van der Waals surface area (Å²) < 4.78 is 5.29. The fourth-order valence-corrected chi connectivity index (χ4v) is 2.15. The average Bonchev–Trinajstić information content (AvgIpc) is 2.49. The van der Waals surface area contributed by atoms with Crippen LogP contribution < -0.4 is 5.73 Å². The Labute approximate surface area is 92.4 Å². The van der Waals surface area contributed by atoms with Crippen molar-refractivity contribution in [2.75, 3.05) is 39.5 Å². The third-order valence-electron chi connectivity index (χ3n) is 3.03. The lowest BCUT2D eigenvalue weighted by molar-refractivity contribution is 0.0645. The SMILES string of the molecule is NCC1CCCCCN1CCOCCO. The van der Waals surface area contributed by atoms with E-state index in [0.717, 1.165) is 19.6 Å². The Morgan fingerprint density at radius 2 is 2.13 bits per heavy atom. The van der Waals surface area contributed by atoms with Crippen LogP contribution in [0.1, 0.15) is 25.7 Å². The number of aliphatic hydroxyl groups excluding tert-OH is 1. The molecule has 0 aromatic carbocycles. The lowest BCUT2D eigenvalue weighted by atomic mass is 10.1. The molecule has 1 aliphatic heterocycles. The van der Waals surface area contributed by atoms with Crippen LogP contribution in [0, 0.1) is 0 Å². The van der Waals surface area contributed by atoms with Crippen LogP contribution in [0.15, 0.2) is 0 Å². The van der Waals surface area contributed by atoms with Crippen LogP contribution >= 0.6 is 0 Å². The van der Waals surface area contributed by atoms with Crippen LogP contribution in [0.3, 0.4) is 0 Å². The molecule has 0 aliphatic carbocycles. The van der Waals surface area contributed by atoms with E-state index in [0.29, 0.717) is 19.3 Å². The second-order valence-corrected chi connectivity index (χ2v) is 4.11. The monoisotopic (exact) mass is 216 g/mol. The van der Waals surface area contributed by atoms with Gasteiger partial charge in [0.05, 0.1) is 19.8 Å². The highest BCUT2D eigenvalue weighted by atomic mass is 16.5. The van der Waals surface area contributed by atoms with E-state index in [1.165, 1.54) is 25.7 Å². The van der Waals surface area contributed by atoms with Crippen LogP contribution in [0.25, 0.3) is 0 Å². The Morgan fingerprint density at radius 1 is 1.27 bits per heavy atom. The molecule has 90 valence electrons. The van der Waals surface area contributed by atoms with Gasteiger partial charge < -0.3 is 15.6 Å². The van der Waals surface area contributed by atoms with Gasteiger partial charge >= 0.3 is 0 Å². The molecule has 0 amide bonds. The first kappa shape index (κ1) is 12.9. The molecule has 3 N–H and O–H groups in total. The van der Waals surface area contributed by atoms with E-state index in [1.54, 1.807) is 0 Å². The van der Waals surface area contributed by atoms with Crippen molar-refractivity contribution in [3.8, 4) is 0 Å². The van der Waals surface area contributed by atoms with Crippen LogP contribution in [0.2, 0.25) is 0 Å². The quantitative estimate of drug-likeness (QED) is 0.623. The maximum Gasteiger partial charge on any atom is 0.0698 e. The van der Waals surface area contributed by atoms with Crippen molar-refractivity contribution < 1.29 is 9.84 Å². The van der Waals surface area contributed by atoms with Gasteiger partial charge in [0.1, 0.15) is 0 Å². The molecule has 1 atom stereocenters. The Morgan fingerprint density at radius 3 is 2.87 bits per heavy atom. The van der Waals surface area contributed by atoms with Gasteiger partial charge in [-0.2, -0.15) is 0 Å².